The Hall–Kier alpha value is -4.77. The lowest BCUT2D eigenvalue weighted by Gasteiger charge is -2.09. The highest BCUT2D eigenvalue weighted by molar-refractivity contribution is 6.13. The first kappa shape index (κ1) is 18.8. The van der Waals surface area contributed by atoms with Gasteiger partial charge in [-0.1, -0.05) is 36.4 Å². The fourth-order valence-corrected chi connectivity index (χ4v) is 4.78. The number of fused-ring (bicyclic) bond motifs is 4. The maximum atomic E-state index is 4.67. The van der Waals surface area contributed by atoms with Gasteiger partial charge < -0.3 is 9.13 Å². The van der Waals surface area contributed by atoms with E-state index in [1.54, 1.807) is 12.4 Å². The molecule has 0 saturated heterocycles. The van der Waals surface area contributed by atoms with Crippen LogP contribution in [0.4, 0.5) is 0 Å². The van der Waals surface area contributed by atoms with Crippen LogP contribution < -0.4 is 0 Å². The molecule has 5 nitrogen and oxygen atoms in total. The summed E-state index contributed by atoms with van der Waals surface area (Å²) in [5, 5.41) is 3.64. The Bertz CT molecular complexity index is 1780. The predicted octanol–water partition coefficient (Wildman–Crippen LogP) is 6.58. The van der Waals surface area contributed by atoms with Crippen LogP contribution in [-0.2, 0) is 0 Å². The molecule has 0 unspecified atom stereocenters. The maximum absolute atomic E-state index is 4.67. The van der Waals surface area contributed by atoms with Crippen molar-refractivity contribution in [1.29, 1.82) is 0 Å². The minimum Gasteiger partial charge on any atom is -0.316 e. The summed E-state index contributed by atoms with van der Waals surface area (Å²) in [6, 6.07) is 29.5. The van der Waals surface area contributed by atoms with Crippen molar-refractivity contribution in [3.63, 3.8) is 0 Å². The zero-order valence-corrected chi connectivity index (χ0v) is 18.2. The monoisotopic (exact) mass is 437 g/mol. The van der Waals surface area contributed by atoms with Gasteiger partial charge in [0.25, 0.3) is 0 Å². The van der Waals surface area contributed by atoms with Crippen molar-refractivity contribution >= 4 is 32.7 Å². The van der Waals surface area contributed by atoms with Gasteiger partial charge in [0.15, 0.2) is 5.82 Å². The molecule has 0 aliphatic heterocycles. The average Bonchev–Trinajstić information content (AvgIpc) is 3.47. The number of para-hydroxylation sites is 2. The van der Waals surface area contributed by atoms with E-state index in [0.29, 0.717) is 5.82 Å². The Morgan fingerprint density at radius 2 is 1.35 bits per heavy atom. The SMILES string of the molecule is c1ccc(-n2ccc3cc4c5ccccc5n(-c5cnc(-c6ccncc6)nc5)c4cc32)cc1. The van der Waals surface area contributed by atoms with Gasteiger partial charge in [-0.15, -0.1) is 0 Å². The van der Waals surface area contributed by atoms with Crippen LogP contribution in [0.25, 0.3) is 55.5 Å². The van der Waals surface area contributed by atoms with Gasteiger partial charge in [-0.05, 0) is 48.5 Å². The van der Waals surface area contributed by atoms with E-state index in [0.717, 1.165) is 33.5 Å². The normalized spacial score (nSPS) is 11.5. The van der Waals surface area contributed by atoms with Crippen LogP contribution in [0.15, 0.2) is 116 Å². The van der Waals surface area contributed by atoms with E-state index in [-0.39, 0.29) is 0 Å². The highest BCUT2D eigenvalue weighted by Gasteiger charge is 2.15. The van der Waals surface area contributed by atoms with Crippen molar-refractivity contribution < 1.29 is 0 Å². The number of aromatic nitrogens is 5. The van der Waals surface area contributed by atoms with Gasteiger partial charge >= 0.3 is 0 Å². The zero-order valence-electron chi connectivity index (χ0n) is 18.2. The van der Waals surface area contributed by atoms with Crippen LogP contribution in [-0.4, -0.2) is 24.1 Å². The van der Waals surface area contributed by atoms with Crippen molar-refractivity contribution in [3.8, 4) is 22.8 Å². The van der Waals surface area contributed by atoms with Crippen molar-refractivity contribution in [1.82, 2.24) is 24.1 Å². The van der Waals surface area contributed by atoms with E-state index in [4.69, 9.17) is 0 Å². The molecule has 0 spiro atoms. The molecule has 0 radical (unpaired) electrons. The molecule has 3 aromatic carbocycles. The minimum absolute atomic E-state index is 0.687. The summed E-state index contributed by atoms with van der Waals surface area (Å²) in [4.78, 5) is 13.4. The first-order chi connectivity index (χ1) is 16.9. The van der Waals surface area contributed by atoms with Gasteiger partial charge in [0.1, 0.15) is 0 Å². The largest absolute Gasteiger partial charge is 0.316 e. The summed E-state index contributed by atoms with van der Waals surface area (Å²) >= 11 is 0. The average molecular weight is 438 g/mol. The highest BCUT2D eigenvalue weighted by atomic mass is 15.0. The third-order valence-corrected chi connectivity index (χ3v) is 6.35. The van der Waals surface area contributed by atoms with E-state index < -0.39 is 0 Å². The molecule has 0 atom stereocenters. The first-order valence-corrected chi connectivity index (χ1v) is 11.2. The van der Waals surface area contributed by atoms with Crippen molar-refractivity contribution in [2.75, 3.05) is 0 Å². The van der Waals surface area contributed by atoms with E-state index in [1.807, 2.05) is 30.6 Å². The Morgan fingerprint density at radius 1 is 0.588 bits per heavy atom. The summed E-state index contributed by atoms with van der Waals surface area (Å²) in [5.74, 6) is 0.687. The van der Waals surface area contributed by atoms with Crippen LogP contribution in [0.3, 0.4) is 0 Å². The Kier molecular flexibility index (Phi) is 4.08. The number of hydrogen-bond donors (Lipinski definition) is 0. The minimum atomic E-state index is 0.687. The summed E-state index contributed by atoms with van der Waals surface area (Å²) < 4.78 is 4.49. The topological polar surface area (TPSA) is 48.5 Å². The standard InChI is InChI=1S/C29H19N5/c1-2-6-22(7-3-1)33-15-12-21-16-25-24-8-4-5-9-26(24)34(28(25)17-27(21)33)23-18-31-29(32-19-23)20-10-13-30-14-11-20/h1-19H. The van der Waals surface area contributed by atoms with Crippen molar-refractivity contribution in [3.05, 3.63) is 116 Å². The van der Waals surface area contributed by atoms with Crippen LogP contribution >= 0.6 is 0 Å². The summed E-state index contributed by atoms with van der Waals surface area (Å²) in [6.45, 7) is 0. The van der Waals surface area contributed by atoms with Gasteiger partial charge in [-0.25, -0.2) is 9.97 Å². The maximum Gasteiger partial charge on any atom is 0.159 e. The molecule has 160 valence electrons. The second kappa shape index (κ2) is 7.39. The molecular formula is C29H19N5. The van der Waals surface area contributed by atoms with Crippen LogP contribution in [0.5, 0.6) is 0 Å². The lowest BCUT2D eigenvalue weighted by atomic mass is 10.1. The molecule has 4 aromatic heterocycles. The van der Waals surface area contributed by atoms with Gasteiger partial charge in [0.05, 0.1) is 34.6 Å². The van der Waals surface area contributed by atoms with Gasteiger partial charge in [-0.3, -0.25) is 4.98 Å². The Morgan fingerprint density at radius 3 is 2.18 bits per heavy atom. The highest BCUT2D eigenvalue weighted by Crippen LogP contribution is 2.35. The van der Waals surface area contributed by atoms with Crippen molar-refractivity contribution in [2.24, 2.45) is 0 Å². The Balaban J connectivity index is 1.48. The van der Waals surface area contributed by atoms with E-state index in [2.05, 4.69) is 97.0 Å². The first-order valence-electron chi connectivity index (χ1n) is 11.2. The molecule has 0 bridgehead atoms. The lowest BCUT2D eigenvalue weighted by Crippen LogP contribution is -1.98. The van der Waals surface area contributed by atoms with Crippen LogP contribution in [0, 0.1) is 0 Å². The number of hydrogen-bond acceptors (Lipinski definition) is 3. The van der Waals surface area contributed by atoms with Crippen LogP contribution in [0.1, 0.15) is 0 Å². The molecular weight excluding hydrogens is 418 g/mol. The van der Waals surface area contributed by atoms with Gasteiger partial charge in [-0.2, -0.15) is 0 Å². The molecule has 0 amide bonds. The molecule has 5 heteroatoms. The molecule has 0 fully saturated rings. The molecule has 7 rings (SSSR count). The fraction of sp³-hybridized carbons (Fsp3) is 0. The summed E-state index contributed by atoms with van der Waals surface area (Å²) in [7, 11) is 0. The summed E-state index contributed by atoms with van der Waals surface area (Å²) in [6.07, 6.45) is 9.45. The number of pyridine rings is 1. The number of rotatable bonds is 3. The molecule has 4 heterocycles. The van der Waals surface area contributed by atoms with Crippen LogP contribution in [0.2, 0.25) is 0 Å². The quantitative estimate of drug-likeness (QED) is 0.314. The lowest BCUT2D eigenvalue weighted by molar-refractivity contribution is 1.08. The smallest absolute Gasteiger partial charge is 0.159 e. The molecule has 0 saturated carbocycles. The molecule has 0 aliphatic rings. The summed E-state index contributed by atoms with van der Waals surface area (Å²) in [5.41, 5.74) is 6.45. The van der Waals surface area contributed by atoms with Gasteiger partial charge in [0, 0.05) is 46.0 Å². The number of nitrogens with zero attached hydrogens (tertiary/aromatic N) is 5. The fourth-order valence-electron chi connectivity index (χ4n) is 4.78. The predicted molar refractivity (Wildman–Crippen MR) is 136 cm³/mol. The Labute approximate surface area is 195 Å². The molecule has 0 N–H and O–H groups in total. The third-order valence-electron chi connectivity index (χ3n) is 6.35. The van der Waals surface area contributed by atoms with E-state index >= 15 is 0 Å². The van der Waals surface area contributed by atoms with Gasteiger partial charge in [0.2, 0.25) is 0 Å². The third kappa shape index (κ3) is 2.84. The van der Waals surface area contributed by atoms with Crippen molar-refractivity contribution in [2.45, 2.75) is 0 Å². The molecule has 34 heavy (non-hydrogen) atoms. The van der Waals surface area contributed by atoms with E-state index in [9.17, 15) is 0 Å². The second-order valence-corrected chi connectivity index (χ2v) is 8.30. The molecule has 7 aromatic rings. The molecule has 0 aliphatic carbocycles. The second-order valence-electron chi connectivity index (χ2n) is 8.30. The number of benzene rings is 3. The zero-order chi connectivity index (χ0) is 22.5. The van der Waals surface area contributed by atoms with E-state index in [1.165, 1.54) is 16.2 Å².